The van der Waals surface area contributed by atoms with Crippen LogP contribution in [0.1, 0.15) is 35.3 Å². The second-order valence-corrected chi connectivity index (χ2v) is 8.44. The average molecular weight is 445 g/mol. The van der Waals surface area contributed by atoms with E-state index in [2.05, 4.69) is 4.98 Å². The lowest BCUT2D eigenvalue weighted by Crippen LogP contribution is -2.42. The number of rotatable bonds is 3. The Hall–Kier alpha value is -3.81. The second-order valence-electron chi connectivity index (χ2n) is 8.44. The molecule has 0 unspecified atom stereocenters. The zero-order valence-electron chi connectivity index (χ0n) is 18.0. The van der Waals surface area contributed by atoms with Crippen molar-refractivity contribution in [3.8, 4) is 22.8 Å². The molecular weight excluding hydrogens is 422 g/mol. The first-order chi connectivity index (χ1) is 16.2. The number of hydrogen-bond acceptors (Lipinski definition) is 6. The van der Waals surface area contributed by atoms with Crippen molar-refractivity contribution >= 4 is 17.5 Å². The Morgan fingerprint density at radius 3 is 2.67 bits per heavy atom. The standard InChI is InChI=1S/C25H23N3O5/c29-21-10-11-27(25(30)22-23(33-15-26-22)16-4-2-1-3-5-16)19-8-9-20-24(32-13-12-31-20)18(19)14-28(21)17-6-7-17/h1-5,8-9,15,17H,6-7,10-14H2. The van der Waals surface area contributed by atoms with E-state index in [-0.39, 0.29) is 36.5 Å². The molecule has 3 aliphatic rings. The number of amides is 2. The van der Waals surface area contributed by atoms with E-state index in [0.717, 1.165) is 24.0 Å². The van der Waals surface area contributed by atoms with Gasteiger partial charge in [0.15, 0.2) is 29.3 Å². The van der Waals surface area contributed by atoms with Crippen LogP contribution in [-0.4, -0.2) is 47.5 Å². The fourth-order valence-corrected chi connectivity index (χ4v) is 4.55. The number of fused-ring (bicyclic) bond motifs is 3. The summed E-state index contributed by atoms with van der Waals surface area (Å²) in [6.07, 6.45) is 3.55. The van der Waals surface area contributed by atoms with Crippen molar-refractivity contribution in [3.05, 3.63) is 60.1 Å². The zero-order valence-corrected chi connectivity index (χ0v) is 18.0. The molecule has 0 saturated heterocycles. The maximum Gasteiger partial charge on any atom is 0.280 e. The molecule has 168 valence electrons. The molecule has 1 aliphatic carbocycles. The monoisotopic (exact) mass is 445 g/mol. The Bertz CT molecular complexity index is 1220. The predicted molar refractivity (Wildman–Crippen MR) is 119 cm³/mol. The van der Waals surface area contributed by atoms with Crippen LogP contribution in [0, 0.1) is 0 Å². The van der Waals surface area contributed by atoms with Crippen molar-refractivity contribution in [1.82, 2.24) is 9.88 Å². The molecule has 1 fully saturated rings. The Morgan fingerprint density at radius 1 is 1.03 bits per heavy atom. The number of benzene rings is 2. The number of ether oxygens (including phenoxy) is 2. The van der Waals surface area contributed by atoms with Crippen molar-refractivity contribution in [2.24, 2.45) is 0 Å². The Morgan fingerprint density at radius 2 is 1.85 bits per heavy atom. The van der Waals surface area contributed by atoms with E-state index < -0.39 is 0 Å². The molecule has 3 aromatic rings. The van der Waals surface area contributed by atoms with Gasteiger partial charge in [-0.3, -0.25) is 9.59 Å². The van der Waals surface area contributed by atoms with Crippen LogP contribution < -0.4 is 14.4 Å². The zero-order chi connectivity index (χ0) is 22.4. The maximum atomic E-state index is 13.8. The summed E-state index contributed by atoms with van der Waals surface area (Å²) in [5, 5.41) is 0. The van der Waals surface area contributed by atoms with Gasteiger partial charge in [-0.15, -0.1) is 0 Å². The summed E-state index contributed by atoms with van der Waals surface area (Å²) in [5.74, 6) is 1.39. The summed E-state index contributed by atoms with van der Waals surface area (Å²) in [6, 6.07) is 13.4. The maximum absolute atomic E-state index is 13.8. The minimum absolute atomic E-state index is 0.0405. The first-order valence-electron chi connectivity index (χ1n) is 11.2. The highest BCUT2D eigenvalue weighted by atomic mass is 16.6. The van der Waals surface area contributed by atoms with Crippen LogP contribution in [0.15, 0.2) is 53.3 Å². The van der Waals surface area contributed by atoms with E-state index in [1.165, 1.54) is 6.39 Å². The second kappa shape index (κ2) is 7.95. The van der Waals surface area contributed by atoms with E-state index in [9.17, 15) is 9.59 Å². The van der Waals surface area contributed by atoms with Gasteiger partial charge in [0.05, 0.1) is 12.2 Å². The van der Waals surface area contributed by atoms with E-state index in [1.54, 1.807) is 4.90 Å². The van der Waals surface area contributed by atoms with Gasteiger partial charge in [-0.05, 0) is 25.0 Å². The molecule has 0 N–H and O–H groups in total. The normalized spacial score (nSPS) is 17.9. The molecule has 0 radical (unpaired) electrons. The van der Waals surface area contributed by atoms with Crippen LogP contribution in [0.3, 0.4) is 0 Å². The molecule has 1 saturated carbocycles. The lowest BCUT2D eigenvalue weighted by atomic mass is 10.0. The van der Waals surface area contributed by atoms with Gasteiger partial charge in [0, 0.05) is 30.1 Å². The molecule has 33 heavy (non-hydrogen) atoms. The van der Waals surface area contributed by atoms with Gasteiger partial charge in [-0.2, -0.15) is 0 Å². The number of carbonyl (C=O) groups is 2. The molecule has 2 aliphatic heterocycles. The summed E-state index contributed by atoms with van der Waals surface area (Å²) in [7, 11) is 0. The molecule has 1 aromatic heterocycles. The van der Waals surface area contributed by atoms with E-state index in [4.69, 9.17) is 13.9 Å². The van der Waals surface area contributed by atoms with Crippen LogP contribution in [-0.2, 0) is 11.3 Å². The highest BCUT2D eigenvalue weighted by Crippen LogP contribution is 2.43. The van der Waals surface area contributed by atoms with Gasteiger partial charge in [0.1, 0.15) is 13.2 Å². The number of carbonyl (C=O) groups excluding carboxylic acids is 2. The van der Waals surface area contributed by atoms with Gasteiger partial charge in [-0.1, -0.05) is 30.3 Å². The number of hydrogen-bond donors (Lipinski definition) is 0. The third kappa shape index (κ3) is 3.51. The minimum atomic E-state index is -0.312. The van der Waals surface area contributed by atoms with Crippen molar-refractivity contribution in [2.75, 3.05) is 24.7 Å². The van der Waals surface area contributed by atoms with E-state index in [0.29, 0.717) is 42.7 Å². The van der Waals surface area contributed by atoms with Gasteiger partial charge in [-0.25, -0.2) is 4.98 Å². The Kier molecular flexibility index (Phi) is 4.78. The topological polar surface area (TPSA) is 85.1 Å². The first kappa shape index (κ1) is 19.8. The number of aromatic nitrogens is 1. The van der Waals surface area contributed by atoms with Gasteiger partial charge in [0.25, 0.3) is 5.91 Å². The number of nitrogens with zero attached hydrogens (tertiary/aromatic N) is 3. The molecule has 0 bridgehead atoms. The van der Waals surface area contributed by atoms with E-state index >= 15 is 0 Å². The highest BCUT2D eigenvalue weighted by molar-refractivity contribution is 6.09. The first-order valence-corrected chi connectivity index (χ1v) is 11.2. The SMILES string of the molecule is O=C(c1ncoc1-c1ccccc1)N1CCC(=O)N(C2CC2)Cc2c1ccc1c2OCCO1. The van der Waals surface area contributed by atoms with Crippen molar-refractivity contribution in [3.63, 3.8) is 0 Å². The largest absolute Gasteiger partial charge is 0.486 e. The quantitative estimate of drug-likeness (QED) is 0.612. The summed E-state index contributed by atoms with van der Waals surface area (Å²) in [5.41, 5.74) is 2.49. The average Bonchev–Trinajstić information content (AvgIpc) is 3.56. The Labute approximate surface area is 190 Å². The summed E-state index contributed by atoms with van der Waals surface area (Å²) >= 11 is 0. The molecule has 6 rings (SSSR count). The van der Waals surface area contributed by atoms with Crippen LogP contribution in [0.5, 0.6) is 11.5 Å². The highest BCUT2D eigenvalue weighted by Gasteiger charge is 2.38. The van der Waals surface area contributed by atoms with Crippen LogP contribution in [0.25, 0.3) is 11.3 Å². The van der Waals surface area contributed by atoms with Crippen molar-refractivity contribution in [1.29, 1.82) is 0 Å². The Balaban J connectivity index is 1.44. The number of oxazole rings is 1. The van der Waals surface area contributed by atoms with Crippen LogP contribution >= 0.6 is 0 Å². The minimum Gasteiger partial charge on any atom is -0.486 e. The third-order valence-electron chi connectivity index (χ3n) is 6.31. The lowest BCUT2D eigenvalue weighted by molar-refractivity contribution is -0.132. The summed E-state index contributed by atoms with van der Waals surface area (Å²) < 4.78 is 17.4. The molecule has 0 spiro atoms. The fourth-order valence-electron chi connectivity index (χ4n) is 4.55. The van der Waals surface area contributed by atoms with Crippen molar-refractivity contribution in [2.45, 2.75) is 31.8 Å². The molecule has 8 heteroatoms. The smallest absolute Gasteiger partial charge is 0.280 e. The van der Waals surface area contributed by atoms with Gasteiger partial charge < -0.3 is 23.7 Å². The molecule has 3 heterocycles. The fraction of sp³-hybridized carbons (Fsp3) is 0.320. The lowest BCUT2D eigenvalue weighted by Gasteiger charge is -2.34. The molecule has 0 atom stereocenters. The van der Waals surface area contributed by atoms with E-state index in [1.807, 2.05) is 47.4 Å². The van der Waals surface area contributed by atoms with Crippen LogP contribution in [0.2, 0.25) is 0 Å². The van der Waals surface area contributed by atoms with Crippen LogP contribution in [0.4, 0.5) is 5.69 Å². The van der Waals surface area contributed by atoms with Crippen molar-refractivity contribution < 1.29 is 23.5 Å². The molecule has 2 amide bonds. The van der Waals surface area contributed by atoms with Gasteiger partial charge in [0.2, 0.25) is 5.91 Å². The molecule has 2 aromatic carbocycles. The predicted octanol–water partition coefficient (Wildman–Crippen LogP) is 3.65. The third-order valence-corrected chi connectivity index (χ3v) is 6.31. The number of anilines is 1. The summed E-state index contributed by atoms with van der Waals surface area (Å²) in [4.78, 5) is 34.6. The molecular formula is C25H23N3O5. The summed E-state index contributed by atoms with van der Waals surface area (Å²) in [6.45, 7) is 1.53. The molecule has 8 nitrogen and oxygen atoms in total. The van der Waals surface area contributed by atoms with Gasteiger partial charge >= 0.3 is 0 Å².